The van der Waals surface area contributed by atoms with Gasteiger partial charge in [-0.05, 0) is 30.4 Å². The Kier molecular flexibility index (Phi) is 11.2. The highest BCUT2D eigenvalue weighted by atomic mass is 35.5. The molecule has 0 unspecified atom stereocenters. The molecule has 0 aromatic heterocycles. The van der Waals surface area contributed by atoms with Gasteiger partial charge in [0.2, 0.25) is 5.91 Å². The van der Waals surface area contributed by atoms with Gasteiger partial charge in [0, 0.05) is 18.6 Å². The Bertz CT molecular complexity index is 720. The minimum Gasteiger partial charge on any atom is -0.482 e. The minimum atomic E-state index is -0.565. The Morgan fingerprint density at radius 3 is 2.50 bits per heavy atom. The van der Waals surface area contributed by atoms with Crippen molar-refractivity contribution in [3.8, 4) is 5.75 Å². The lowest BCUT2D eigenvalue weighted by Crippen LogP contribution is -2.49. The number of thiocarbonyl (C=S) groups is 1. The van der Waals surface area contributed by atoms with Gasteiger partial charge in [-0.1, -0.05) is 23.2 Å². The van der Waals surface area contributed by atoms with Crippen molar-refractivity contribution in [2.24, 2.45) is 0 Å². The van der Waals surface area contributed by atoms with Gasteiger partial charge < -0.3 is 19.5 Å². The molecule has 0 aliphatic heterocycles. The van der Waals surface area contributed by atoms with Gasteiger partial charge in [-0.15, -0.1) is 0 Å². The molecule has 0 radical (unpaired) electrons. The standard InChI is InChI=1S/C16H19Cl2N3O6S/c1-25-6-7-26-15(24)5-4-13(22)19-16(28)21-20-14(23)9-27-12-3-2-10(17)8-11(12)18/h2-3,8H,4-7,9H2,1H3,(H,20,23)(H2,19,21,22,28). The number of nitrogens with one attached hydrogen (secondary N) is 3. The molecule has 0 saturated carbocycles. The largest absolute Gasteiger partial charge is 0.482 e. The van der Waals surface area contributed by atoms with Crippen molar-refractivity contribution in [1.82, 2.24) is 16.2 Å². The summed E-state index contributed by atoms with van der Waals surface area (Å²) in [5.41, 5.74) is 4.58. The van der Waals surface area contributed by atoms with Crippen LogP contribution in [0.4, 0.5) is 0 Å². The molecule has 0 spiro atoms. The second-order valence-electron chi connectivity index (χ2n) is 5.13. The number of ether oxygens (including phenoxy) is 3. The molecular formula is C16H19Cl2N3O6S. The summed E-state index contributed by atoms with van der Waals surface area (Å²) in [6.07, 6.45) is -0.236. The van der Waals surface area contributed by atoms with E-state index in [1.54, 1.807) is 6.07 Å². The summed E-state index contributed by atoms with van der Waals surface area (Å²) in [6.45, 7) is 0.0457. The fourth-order valence-electron chi connectivity index (χ4n) is 1.65. The van der Waals surface area contributed by atoms with Crippen LogP contribution in [0, 0.1) is 0 Å². The molecule has 0 fully saturated rings. The first-order chi connectivity index (χ1) is 13.3. The van der Waals surface area contributed by atoms with Crippen molar-refractivity contribution in [3.63, 3.8) is 0 Å². The van der Waals surface area contributed by atoms with Crippen molar-refractivity contribution in [2.45, 2.75) is 12.8 Å². The van der Waals surface area contributed by atoms with Crippen LogP contribution in [0.25, 0.3) is 0 Å². The molecule has 0 bridgehead atoms. The molecule has 12 heteroatoms. The second-order valence-corrected chi connectivity index (χ2v) is 6.38. The molecule has 1 aromatic carbocycles. The molecule has 0 saturated heterocycles. The topological polar surface area (TPSA) is 115 Å². The van der Waals surface area contributed by atoms with Crippen molar-refractivity contribution >= 4 is 58.3 Å². The van der Waals surface area contributed by atoms with E-state index >= 15 is 0 Å². The molecule has 0 atom stereocenters. The average Bonchev–Trinajstić information content (AvgIpc) is 2.64. The molecule has 1 aromatic rings. The van der Waals surface area contributed by atoms with Crippen LogP contribution in [0.1, 0.15) is 12.8 Å². The summed E-state index contributed by atoms with van der Waals surface area (Å²) in [5.74, 6) is -1.32. The maximum Gasteiger partial charge on any atom is 0.306 e. The molecule has 154 valence electrons. The Balaban J connectivity index is 2.21. The Hall–Kier alpha value is -2.14. The predicted octanol–water partition coefficient (Wildman–Crippen LogP) is 1.36. The smallest absolute Gasteiger partial charge is 0.306 e. The van der Waals surface area contributed by atoms with Gasteiger partial charge in [0.25, 0.3) is 5.91 Å². The summed E-state index contributed by atoms with van der Waals surface area (Å²) in [6, 6.07) is 4.57. The number of benzene rings is 1. The highest BCUT2D eigenvalue weighted by Gasteiger charge is 2.11. The molecule has 0 aliphatic rings. The summed E-state index contributed by atoms with van der Waals surface area (Å²) in [7, 11) is 1.48. The lowest BCUT2D eigenvalue weighted by molar-refractivity contribution is -0.146. The van der Waals surface area contributed by atoms with Crippen LogP contribution in [0.5, 0.6) is 5.75 Å². The number of hydrogen-bond donors (Lipinski definition) is 3. The van der Waals surface area contributed by atoms with Crippen LogP contribution < -0.4 is 20.9 Å². The van der Waals surface area contributed by atoms with Crippen LogP contribution in [-0.4, -0.2) is 49.8 Å². The predicted molar refractivity (Wildman–Crippen MR) is 106 cm³/mol. The van der Waals surface area contributed by atoms with E-state index in [9.17, 15) is 14.4 Å². The molecule has 2 amide bonds. The van der Waals surface area contributed by atoms with Gasteiger partial charge in [0.15, 0.2) is 11.7 Å². The summed E-state index contributed by atoms with van der Waals surface area (Å²) >= 11 is 16.5. The lowest BCUT2D eigenvalue weighted by Gasteiger charge is -2.12. The number of amides is 2. The van der Waals surface area contributed by atoms with E-state index in [4.69, 9.17) is 49.6 Å². The SMILES string of the molecule is COCCOC(=O)CCC(=O)NC(=S)NNC(=O)COc1ccc(Cl)cc1Cl. The summed E-state index contributed by atoms with van der Waals surface area (Å²) < 4.78 is 14.8. The zero-order valence-corrected chi connectivity index (χ0v) is 17.2. The first kappa shape index (κ1) is 23.9. The van der Waals surface area contributed by atoms with Gasteiger partial charge in [0.1, 0.15) is 12.4 Å². The van der Waals surface area contributed by atoms with E-state index in [0.717, 1.165) is 0 Å². The first-order valence-corrected chi connectivity index (χ1v) is 9.09. The fourth-order valence-corrected chi connectivity index (χ4v) is 2.27. The monoisotopic (exact) mass is 451 g/mol. The maximum absolute atomic E-state index is 11.7. The number of hydrazine groups is 1. The third-order valence-electron chi connectivity index (χ3n) is 2.93. The van der Waals surface area contributed by atoms with E-state index in [0.29, 0.717) is 5.02 Å². The Morgan fingerprint density at radius 2 is 1.82 bits per heavy atom. The number of esters is 1. The van der Waals surface area contributed by atoms with E-state index in [-0.39, 0.29) is 48.5 Å². The van der Waals surface area contributed by atoms with Crippen LogP contribution in [0.3, 0.4) is 0 Å². The van der Waals surface area contributed by atoms with Crippen molar-refractivity contribution in [3.05, 3.63) is 28.2 Å². The quantitative estimate of drug-likeness (QED) is 0.223. The zero-order chi connectivity index (χ0) is 20.9. The normalized spacial score (nSPS) is 9.96. The number of carbonyl (C=O) groups is 3. The second kappa shape index (κ2) is 13.1. The van der Waals surface area contributed by atoms with Crippen LogP contribution >= 0.6 is 35.4 Å². The molecule has 3 N–H and O–H groups in total. The van der Waals surface area contributed by atoms with Crippen LogP contribution in [-0.2, 0) is 23.9 Å². The number of carbonyl (C=O) groups excluding carboxylic acids is 3. The highest BCUT2D eigenvalue weighted by molar-refractivity contribution is 7.80. The number of halogens is 2. The van der Waals surface area contributed by atoms with Gasteiger partial charge in [-0.3, -0.25) is 25.2 Å². The van der Waals surface area contributed by atoms with Gasteiger partial charge >= 0.3 is 5.97 Å². The third kappa shape index (κ3) is 10.3. The van der Waals surface area contributed by atoms with E-state index in [1.165, 1.54) is 19.2 Å². The van der Waals surface area contributed by atoms with Crippen molar-refractivity contribution < 1.29 is 28.6 Å². The van der Waals surface area contributed by atoms with Gasteiger partial charge in [-0.2, -0.15) is 0 Å². The van der Waals surface area contributed by atoms with E-state index in [2.05, 4.69) is 16.2 Å². The highest BCUT2D eigenvalue weighted by Crippen LogP contribution is 2.27. The Labute approximate surface area is 176 Å². The first-order valence-electron chi connectivity index (χ1n) is 7.93. The van der Waals surface area contributed by atoms with Gasteiger partial charge in [0.05, 0.1) is 18.1 Å². The molecule has 1 rings (SSSR count). The van der Waals surface area contributed by atoms with E-state index < -0.39 is 17.8 Å². The van der Waals surface area contributed by atoms with Gasteiger partial charge in [-0.25, -0.2) is 0 Å². The molecule has 9 nitrogen and oxygen atoms in total. The van der Waals surface area contributed by atoms with Crippen LogP contribution in [0.2, 0.25) is 10.0 Å². The Morgan fingerprint density at radius 1 is 1.07 bits per heavy atom. The fraction of sp³-hybridized carbons (Fsp3) is 0.375. The van der Waals surface area contributed by atoms with Crippen molar-refractivity contribution in [1.29, 1.82) is 0 Å². The van der Waals surface area contributed by atoms with Crippen LogP contribution in [0.15, 0.2) is 18.2 Å². The minimum absolute atomic E-state index is 0.111. The number of hydrogen-bond acceptors (Lipinski definition) is 7. The van der Waals surface area contributed by atoms with E-state index in [1.807, 2.05) is 0 Å². The summed E-state index contributed by atoms with van der Waals surface area (Å²) in [4.78, 5) is 34.7. The number of methoxy groups -OCH3 is 1. The van der Waals surface area contributed by atoms with Crippen molar-refractivity contribution in [2.75, 3.05) is 26.9 Å². The molecular weight excluding hydrogens is 433 g/mol. The summed E-state index contributed by atoms with van der Waals surface area (Å²) in [5, 5.41) is 2.86. The molecule has 28 heavy (non-hydrogen) atoms. The molecule has 0 heterocycles. The molecule has 0 aliphatic carbocycles. The maximum atomic E-state index is 11.7. The average molecular weight is 452 g/mol. The lowest BCUT2D eigenvalue weighted by atomic mass is 10.3. The third-order valence-corrected chi connectivity index (χ3v) is 3.66. The number of rotatable bonds is 9. The zero-order valence-electron chi connectivity index (χ0n) is 14.9.